The SMILES string of the molecule is CC(C)(F)c1ccc2nc[nH]c2c1. The Kier molecular flexibility index (Phi) is 1.62. The van der Waals surface area contributed by atoms with Crippen LogP contribution in [0, 0.1) is 0 Å². The van der Waals surface area contributed by atoms with E-state index in [-0.39, 0.29) is 0 Å². The van der Waals surface area contributed by atoms with Crippen molar-refractivity contribution in [3.8, 4) is 0 Å². The van der Waals surface area contributed by atoms with Crippen LogP contribution in [0.1, 0.15) is 19.4 Å². The van der Waals surface area contributed by atoms with Crippen LogP contribution >= 0.6 is 0 Å². The Hall–Kier alpha value is -1.38. The molecular weight excluding hydrogens is 167 g/mol. The van der Waals surface area contributed by atoms with Gasteiger partial charge < -0.3 is 4.98 Å². The lowest BCUT2D eigenvalue weighted by atomic mass is 10.00. The van der Waals surface area contributed by atoms with Crippen molar-refractivity contribution in [1.82, 2.24) is 9.97 Å². The number of nitrogens with zero attached hydrogens (tertiary/aromatic N) is 1. The zero-order valence-electron chi connectivity index (χ0n) is 7.63. The number of aromatic nitrogens is 2. The number of halogens is 1. The van der Waals surface area contributed by atoms with Crippen molar-refractivity contribution in [2.45, 2.75) is 19.5 Å². The number of benzene rings is 1. The van der Waals surface area contributed by atoms with Crippen LogP contribution in [0.2, 0.25) is 0 Å². The van der Waals surface area contributed by atoms with Gasteiger partial charge in [0, 0.05) is 0 Å². The van der Waals surface area contributed by atoms with Crippen LogP contribution in [0.3, 0.4) is 0 Å². The Morgan fingerprint density at radius 3 is 2.85 bits per heavy atom. The van der Waals surface area contributed by atoms with Crippen LogP contribution in [-0.4, -0.2) is 9.97 Å². The smallest absolute Gasteiger partial charge is 0.130 e. The molecule has 0 atom stereocenters. The lowest BCUT2D eigenvalue weighted by Crippen LogP contribution is -2.08. The van der Waals surface area contributed by atoms with Gasteiger partial charge in [-0.1, -0.05) is 6.07 Å². The Balaban J connectivity index is 2.61. The van der Waals surface area contributed by atoms with E-state index in [1.807, 2.05) is 6.07 Å². The summed E-state index contributed by atoms with van der Waals surface area (Å²) in [7, 11) is 0. The van der Waals surface area contributed by atoms with Crippen molar-refractivity contribution in [2.24, 2.45) is 0 Å². The summed E-state index contributed by atoms with van der Waals surface area (Å²) in [6, 6.07) is 5.38. The molecule has 13 heavy (non-hydrogen) atoms. The quantitative estimate of drug-likeness (QED) is 0.714. The van der Waals surface area contributed by atoms with Gasteiger partial charge in [-0.2, -0.15) is 0 Å². The maximum absolute atomic E-state index is 13.5. The molecule has 0 aliphatic carbocycles. The number of hydrogen-bond acceptors (Lipinski definition) is 1. The van der Waals surface area contributed by atoms with E-state index in [0.717, 1.165) is 11.0 Å². The van der Waals surface area contributed by atoms with Gasteiger partial charge in [-0.25, -0.2) is 9.37 Å². The van der Waals surface area contributed by atoms with Crippen molar-refractivity contribution in [1.29, 1.82) is 0 Å². The molecule has 2 rings (SSSR count). The monoisotopic (exact) mass is 178 g/mol. The minimum absolute atomic E-state index is 0.671. The van der Waals surface area contributed by atoms with Crippen LogP contribution in [0.5, 0.6) is 0 Å². The van der Waals surface area contributed by atoms with Crippen LogP contribution in [0.4, 0.5) is 4.39 Å². The van der Waals surface area contributed by atoms with Gasteiger partial charge in [-0.15, -0.1) is 0 Å². The molecule has 0 saturated heterocycles. The minimum atomic E-state index is -1.29. The van der Waals surface area contributed by atoms with Crippen molar-refractivity contribution in [3.63, 3.8) is 0 Å². The molecule has 0 aliphatic rings. The molecule has 0 amide bonds. The van der Waals surface area contributed by atoms with Gasteiger partial charge >= 0.3 is 0 Å². The van der Waals surface area contributed by atoms with Gasteiger partial charge in [-0.3, -0.25) is 0 Å². The average molecular weight is 178 g/mol. The standard InChI is InChI=1S/C10H11FN2/c1-10(2,11)7-3-4-8-9(5-7)13-6-12-8/h3-6H,1-2H3,(H,12,13). The first-order valence-electron chi connectivity index (χ1n) is 4.20. The summed E-state index contributed by atoms with van der Waals surface area (Å²) >= 11 is 0. The minimum Gasteiger partial charge on any atom is -0.345 e. The Bertz CT molecular complexity index is 426. The van der Waals surface area contributed by atoms with Crippen molar-refractivity contribution in [2.75, 3.05) is 0 Å². The van der Waals surface area contributed by atoms with E-state index >= 15 is 0 Å². The predicted molar refractivity (Wildman–Crippen MR) is 50.2 cm³/mol. The summed E-state index contributed by atoms with van der Waals surface area (Å²) in [4.78, 5) is 7.02. The lowest BCUT2D eigenvalue weighted by Gasteiger charge is -2.13. The molecule has 0 fully saturated rings. The molecule has 2 aromatic rings. The highest BCUT2D eigenvalue weighted by molar-refractivity contribution is 5.75. The summed E-state index contributed by atoms with van der Waals surface area (Å²) < 4.78 is 13.5. The predicted octanol–water partition coefficient (Wildman–Crippen LogP) is 2.77. The normalized spacial score (nSPS) is 12.2. The van der Waals surface area contributed by atoms with Gasteiger partial charge in [-0.05, 0) is 31.5 Å². The highest BCUT2D eigenvalue weighted by atomic mass is 19.1. The fourth-order valence-electron chi connectivity index (χ4n) is 1.31. The Labute approximate surface area is 75.8 Å². The van der Waals surface area contributed by atoms with Crippen LogP contribution in [-0.2, 0) is 5.67 Å². The summed E-state index contributed by atoms with van der Waals surface area (Å²) in [6.45, 7) is 3.09. The first-order chi connectivity index (χ1) is 6.07. The number of alkyl halides is 1. The van der Waals surface area contributed by atoms with E-state index in [9.17, 15) is 4.39 Å². The molecule has 2 nitrogen and oxygen atoms in total. The van der Waals surface area contributed by atoms with Gasteiger partial charge in [0.2, 0.25) is 0 Å². The average Bonchev–Trinajstić information content (AvgIpc) is 2.47. The van der Waals surface area contributed by atoms with Gasteiger partial charge in [0.15, 0.2) is 0 Å². The Morgan fingerprint density at radius 2 is 2.15 bits per heavy atom. The molecule has 0 saturated carbocycles. The maximum atomic E-state index is 13.5. The second kappa shape index (κ2) is 2.55. The molecule has 0 aliphatic heterocycles. The van der Waals surface area contributed by atoms with E-state index in [1.54, 1.807) is 32.3 Å². The van der Waals surface area contributed by atoms with Crippen LogP contribution < -0.4 is 0 Å². The van der Waals surface area contributed by atoms with Crippen molar-refractivity contribution < 1.29 is 4.39 Å². The largest absolute Gasteiger partial charge is 0.345 e. The molecular formula is C10H11FN2. The number of aromatic amines is 1. The molecule has 3 heteroatoms. The van der Waals surface area contributed by atoms with Crippen LogP contribution in [0.25, 0.3) is 11.0 Å². The third-order valence-electron chi connectivity index (χ3n) is 2.11. The van der Waals surface area contributed by atoms with Crippen LogP contribution in [0.15, 0.2) is 24.5 Å². The second-order valence-electron chi connectivity index (χ2n) is 3.61. The number of H-pyrrole nitrogens is 1. The van der Waals surface area contributed by atoms with E-state index < -0.39 is 5.67 Å². The van der Waals surface area contributed by atoms with Crippen molar-refractivity contribution >= 4 is 11.0 Å². The van der Waals surface area contributed by atoms with E-state index in [4.69, 9.17) is 0 Å². The van der Waals surface area contributed by atoms with Gasteiger partial charge in [0.05, 0.1) is 17.4 Å². The van der Waals surface area contributed by atoms with Crippen molar-refractivity contribution in [3.05, 3.63) is 30.1 Å². The lowest BCUT2D eigenvalue weighted by molar-refractivity contribution is 0.221. The van der Waals surface area contributed by atoms with E-state index in [1.165, 1.54) is 0 Å². The maximum Gasteiger partial charge on any atom is 0.130 e. The van der Waals surface area contributed by atoms with E-state index in [0.29, 0.717) is 5.56 Å². The second-order valence-corrected chi connectivity index (χ2v) is 3.61. The number of fused-ring (bicyclic) bond motifs is 1. The fourth-order valence-corrected chi connectivity index (χ4v) is 1.31. The molecule has 1 aromatic heterocycles. The summed E-state index contributed by atoms with van der Waals surface area (Å²) in [5.74, 6) is 0. The topological polar surface area (TPSA) is 28.7 Å². The molecule has 0 bridgehead atoms. The fraction of sp³-hybridized carbons (Fsp3) is 0.300. The van der Waals surface area contributed by atoms with Gasteiger partial charge in [0.25, 0.3) is 0 Å². The number of nitrogens with one attached hydrogen (secondary N) is 1. The highest BCUT2D eigenvalue weighted by Crippen LogP contribution is 2.26. The molecule has 1 aromatic carbocycles. The van der Waals surface area contributed by atoms with E-state index in [2.05, 4.69) is 9.97 Å². The Morgan fingerprint density at radius 1 is 1.38 bits per heavy atom. The first-order valence-corrected chi connectivity index (χ1v) is 4.20. The third kappa shape index (κ3) is 1.41. The highest BCUT2D eigenvalue weighted by Gasteiger charge is 2.18. The third-order valence-corrected chi connectivity index (χ3v) is 2.11. The number of imidazole rings is 1. The molecule has 0 radical (unpaired) electrons. The summed E-state index contributed by atoms with van der Waals surface area (Å²) in [5, 5.41) is 0. The molecule has 0 unspecified atom stereocenters. The number of rotatable bonds is 1. The summed E-state index contributed by atoms with van der Waals surface area (Å²) in [5.41, 5.74) is 1.12. The molecule has 68 valence electrons. The zero-order chi connectivity index (χ0) is 9.47. The number of hydrogen-bond donors (Lipinski definition) is 1. The molecule has 1 heterocycles. The first kappa shape index (κ1) is 8.23. The summed E-state index contributed by atoms with van der Waals surface area (Å²) in [6.07, 6.45) is 1.61. The molecule has 0 spiro atoms. The van der Waals surface area contributed by atoms with Gasteiger partial charge in [0.1, 0.15) is 5.67 Å². The molecule has 1 N–H and O–H groups in total. The zero-order valence-corrected chi connectivity index (χ0v) is 7.63.